The molecule has 0 aliphatic heterocycles. The Morgan fingerprint density at radius 1 is 1.14 bits per heavy atom. The maximum atomic E-state index is 11.4. The molecular formula is C15H19N3O2S. The van der Waals surface area contributed by atoms with Gasteiger partial charge in [0.25, 0.3) is 0 Å². The molecule has 0 radical (unpaired) electrons. The number of benzene rings is 1. The molecule has 1 unspecified atom stereocenters. The van der Waals surface area contributed by atoms with Gasteiger partial charge in [-0.1, -0.05) is 12.1 Å². The second kappa shape index (κ2) is 6.32. The van der Waals surface area contributed by atoms with E-state index < -0.39 is 9.84 Å². The molecule has 0 aliphatic rings. The molecule has 1 atom stereocenters. The van der Waals surface area contributed by atoms with Gasteiger partial charge in [0.1, 0.15) is 0 Å². The van der Waals surface area contributed by atoms with E-state index in [9.17, 15) is 8.42 Å². The van der Waals surface area contributed by atoms with Gasteiger partial charge >= 0.3 is 0 Å². The standard InChI is InChI=1S/C15H19N3O2S/c1-11-15(17-9-8-16-11)12(2)18-10-13-4-6-14(7-5-13)21(3,19)20/h4-9,12,18H,10H2,1-3H3. The molecule has 5 nitrogen and oxygen atoms in total. The first kappa shape index (κ1) is 15.6. The smallest absolute Gasteiger partial charge is 0.175 e. The normalized spacial score (nSPS) is 13.1. The molecule has 0 bridgehead atoms. The van der Waals surface area contributed by atoms with Crippen molar-refractivity contribution in [3.05, 3.63) is 53.6 Å². The summed E-state index contributed by atoms with van der Waals surface area (Å²) >= 11 is 0. The number of rotatable bonds is 5. The highest BCUT2D eigenvalue weighted by molar-refractivity contribution is 7.90. The third kappa shape index (κ3) is 4.09. The lowest BCUT2D eigenvalue weighted by Gasteiger charge is -2.14. The lowest BCUT2D eigenvalue weighted by molar-refractivity contribution is 0.555. The highest BCUT2D eigenvalue weighted by Crippen LogP contribution is 2.14. The van der Waals surface area contributed by atoms with Gasteiger partial charge in [-0.15, -0.1) is 0 Å². The quantitative estimate of drug-likeness (QED) is 0.915. The minimum atomic E-state index is -3.14. The first-order valence-electron chi connectivity index (χ1n) is 6.68. The molecule has 6 heteroatoms. The van der Waals surface area contributed by atoms with Crippen LogP contribution in [-0.4, -0.2) is 24.6 Å². The highest BCUT2D eigenvalue weighted by atomic mass is 32.2. The van der Waals surface area contributed by atoms with Crippen LogP contribution in [0.5, 0.6) is 0 Å². The molecule has 21 heavy (non-hydrogen) atoms. The van der Waals surface area contributed by atoms with Crippen LogP contribution in [0.25, 0.3) is 0 Å². The molecule has 0 fully saturated rings. The van der Waals surface area contributed by atoms with Gasteiger partial charge in [-0.3, -0.25) is 9.97 Å². The Bertz CT molecular complexity index is 712. The SMILES string of the molecule is Cc1nccnc1C(C)NCc1ccc(S(C)(=O)=O)cc1. The van der Waals surface area contributed by atoms with Crippen molar-refractivity contribution < 1.29 is 8.42 Å². The molecule has 1 aromatic heterocycles. The van der Waals surface area contributed by atoms with Crippen molar-refractivity contribution in [1.82, 2.24) is 15.3 Å². The minimum absolute atomic E-state index is 0.0771. The fourth-order valence-corrected chi connectivity index (χ4v) is 2.70. The number of aryl methyl sites for hydroxylation is 1. The fraction of sp³-hybridized carbons (Fsp3) is 0.333. The third-order valence-corrected chi connectivity index (χ3v) is 4.42. The van der Waals surface area contributed by atoms with E-state index in [0.29, 0.717) is 11.4 Å². The summed E-state index contributed by atoms with van der Waals surface area (Å²) in [5, 5.41) is 3.36. The van der Waals surface area contributed by atoms with Gasteiger partial charge in [0.2, 0.25) is 0 Å². The van der Waals surface area contributed by atoms with Crippen LogP contribution >= 0.6 is 0 Å². The summed E-state index contributed by atoms with van der Waals surface area (Å²) in [6.45, 7) is 4.60. The Kier molecular flexibility index (Phi) is 4.69. The van der Waals surface area contributed by atoms with Crippen molar-refractivity contribution in [2.45, 2.75) is 31.3 Å². The number of nitrogens with zero attached hydrogens (tertiary/aromatic N) is 2. The van der Waals surface area contributed by atoms with E-state index in [2.05, 4.69) is 15.3 Å². The van der Waals surface area contributed by atoms with E-state index in [-0.39, 0.29) is 6.04 Å². The molecule has 0 amide bonds. The van der Waals surface area contributed by atoms with Crippen LogP contribution in [0.15, 0.2) is 41.6 Å². The zero-order chi connectivity index (χ0) is 15.5. The van der Waals surface area contributed by atoms with Crippen LogP contribution in [0.1, 0.15) is 29.9 Å². The minimum Gasteiger partial charge on any atom is -0.305 e. The number of nitrogens with one attached hydrogen (secondary N) is 1. The molecule has 0 aliphatic carbocycles. The Hall–Kier alpha value is -1.79. The van der Waals surface area contributed by atoms with Crippen molar-refractivity contribution in [2.24, 2.45) is 0 Å². The van der Waals surface area contributed by atoms with Gasteiger partial charge in [-0.05, 0) is 31.5 Å². The zero-order valence-corrected chi connectivity index (χ0v) is 13.2. The van der Waals surface area contributed by atoms with Crippen LogP contribution < -0.4 is 5.32 Å². The number of aromatic nitrogens is 2. The summed E-state index contributed by atoms with van der Waals surface area (Å²) in [6.07, 6.45) is 4.57. The summed E-state index contributed by atoms with van der Waals surface area (Å²) in [6, 6.07) is 6.97. The van der Waals surface area contributed by atoms with E-state index in [1.54, 1.807) is 24.5 Å². The van der Waals surface area contributed by atoms with Gasteiger partial charge in [0.15, 0.2) is 9.84 Å². The number of hydrogen-bond acceptors (Lipinski definition) is 5. The summed E-state index contributed by atoms with van der Waals surface area (Å²) in [4.78, 5) is 8.89. The third-order valence-electron chi connectivity index (χ3n) is 3.29. The summed E-state index contributed by atoms with van der Waals surface area (Å²) in [5.41, 5.74) is 2.85. The lowest BCUT2D eigenvalue weighted by atomic mass is 10.1. The summed E-state index contributed by atoms with van der Waals surface area (Å²) in [7, 11) is -3.14. The van der Waals surface area contributed by atoms with E-state index in [4.69, 9.17) is 0 Å². The molecule has 1 aromatic carbocycles. The van der Waals surface area contributed by atoms with Gasteiger partial charge in [-0.2, -0.15) is 0 Å². The van der Waals surface area contributed by atoms with Crippen LogP contribution in [-0.2, 0) is 16.4 Å². The van der Waals surface area contributed by atoms with Crippen LogP contribution in [0.3, 0.4) is 0 Å². The summed E-state index contributed by atoms with van der Waals surface area (Å²) < 4.78 is 22.8. The fourth-order valence-electron chi connectivity index (χ4n) is 2.07. The molecule has 0 spiro atoms. The average Bonchev–Trinajstić information content (AvgIpc) is 2.45. The van der Waals surface area contributed by atoms with E-state index in [1.165, 1.54) is 6.26 Å². The maximum Gasteiger partial charge on any atom is 0.175 e. The molecule has 1 heterocycles. The summed E-state index contributed by atoms with van der Waals surface area (Å²) in [5.74, 6) is 0. The van der Waals surface area contributed by atoms with Crippen LogP contribution in [0.2, 0.25) is 0 Å². The molecule has 2 rings (SSSR count). The molecule has 0 saturated carbocycles. The van der Waals surface area contributed by atoms with Crippen molar-refractivity contribution in [1.29, 1.82) is 0 Å². The van der Waals surface area contributed by atoms with Crippen LogP contribution in [0.4, 0.5) is 0 Å². The van der Waals surface area contributed by atoms with Gasteiger partial charge < -0.3 is 5.32 Å². The predicted octanol–water partition coefficient (Wildman–Crippen LogP) is 2.04. The first-order valence-corrected chi connectivity index (χ1v) is 8.57. The first-order chi connectivity index (χ1) is 9.88. The van der Waals surface area contributed by atoms with Crippen molar-refractivity contribution in [3.63, 3.8) is 0 Å². The molecule has 1 N–H and O–H groups in total. The Morgan fingerprint density at radius 2 is 1.76 bits per heavy atom. The van der Waals surface area contributed by atoms with E-state index >= 15 is 0 Å². The van der Waals surface area contributed by atoms with Gasteiger partial charge in [0.05, 0.1) is 16.3 Å². The number of hydrogen-bond donors (Lipinski definition) is 1. The second-order valence-electron chi connectivity index (χ2n) is 5.05. The Balaban J connectivity index is 2.02. The molecular weight excluding hydrogens is 286 g/mol. The Morgan fingerprint density at radius 3 is 2.33 bits per heavy atom. The Labute approximate surface area is 125 Å². The molecule has 112 valence electrons. The molecule has 2 aromatic rings. The monoisotopic (exact) mass is 305 g/mol. The highest BCUT2D eigenvalue weighted by Gasteiger charge is 2.10. The predicted molar refractivity (Wildman–Crippen MR) is 81.6 cm³/mol. The van der Waals surface area contributed by atoms with Crippen molar-refractivity contribution >= 4 is 9.84 Å². The van der Waals surface area contributed by atoms with Crippen LogP contribution in [0, 0.1) is 6.92 Å². The zero-order valence-electron chi connectivity index (χ0n) is 12.4. The van der Waals surface area contributed by atoms with E-state index in [1.807, 2.05) is 26.0 Å². The van der Waals surface area contributed by atoms with Gasteiger partial charge in [0, 0.05) is 31.2 Å². The average molecular weight is 305 g/mol. The van der Waals surface area contributed by atoms with E-state index in [0.717, 1.165) is 17.0 Å². The lowest BCUT2D eigenvalue weighted by Crippen LogP contribution is -2.20. The largest absolute Gasteiger partial charge is 0.305 e. The molecule has 0 saturated heterocycles. The van der Waals surface area contributed by atoms with Crippen molar-refractivity contribution in [3.8, 4) is 0 Å². The second-order valence-corrected chi connectivity index (χ2v) is 7.06. The topological polar surface area (TPSA) is 72.0 Å². The maximum absolute atomic E-state index is 11.4. The van der Waals surface area contributed by atoms with Gasteiger partial charge in [-0.25, -0.2) is 8.42 Å². The van der Waals surface area contributed by atoms with Crippen molar-refractivity contribution in [2.75, 3.05) is 6.26 Å². The number of sulfone groups is 1.